The number of nitrogens with one attached hydrogen (secondary N) is 1. The SMILES string of the molecule is CN(C)C(=O)c1ccc(NC2(CO)CCOCC2)c(N)c1. The number of nitrogen functional groups attached to an aromatic ring is 1. The molecule has 1 aromatic carbocycles. The molecule has 0 atom stereocenters. The lowest BCUT2D eigenvalue weighted by Gasteiger charge is -2.37. The van der Waals surface area contributed by atoms with Crippen molar-refractivity contribution >= 4 is 17.3 Å². The first-order valence-corrected chi connectivity index (χ1v) is 7.05. The molecule has 1 aliphatic heterocycles. The van der Waals surface area contributed by atoms with Crippen LogP contribution in [0.2, 0.25) is 0 Å². The summed E-state index contributed by atoms with van der Waals surface area (Å²) in [5, 5.41) is 13.0. The van der Waals surface area contributed by atoms with Gasteiger partial charge in [0.1, 0.15) is 0 Å². The lowest BCUT2D eigenvalue weighted by Crippen LogP contribution is -2.47. The fraction of sp³-hybridized carbons (Fsp3) is 0.533. The van der Waals surface area contributed by atoms with Crippen LogP contribution in [-0.2, 0) is 4.74 Å². The maximum absolute atomic E-state index is 11.9. The molecule has 1 amide bonds. The second kappa shape index (κ2) is 6.32. The summed E-state index contributed by atoms with van der Waals surface area (Å²) in [7, 11) is 3.40. The number of nitrogens with two attached hydrogens (primary N) is 1. The summed E-state index contributed by atoms with van der Waals surface area (Å²) >= 11 is 0. The van der Waals surface area contributed by atoms with Crippen LogP contribution in [0.1, 0.15) is 23.2 Å². The molecule has 6 nitrogen and oxygen atoms in total. The number of hydrogen-bond donors (Lipinski definition) is 3. The van der Waals surface area contributed by atoms with Gasteiger partial charge in [0, 0.05) is 32.9 Å². The monoisotopic (exact) mass is 293 g/mol. The predicted molar refractivity (Wildman–Crippen MR) is 82.4 cm³/mol. The Hall–Kier alpha value is -1.79. The third-order valence-electron chi connectivity index (χ3n) is 3.86. The van der Waals surface area contributed by atoms with E-state index in [1.807, 2.05) is 0 Å². The van der Waals surface area contributed by atoms with E-state index in [2.05, 4.69) is 5.32 Å². The topological polar surface area (TPSA) is 87.8 Å². The molecule has 0 spiro atoms. The molecule has 0 aromatic heterocycles. The first-order valence-electron chi connectivity index (χ1n) is 7.05. The molecule has 0 saturated carbocycles. The second-order valence-electron chi connectivity index (χ2n) is 5.68. The highest BCUT2D eigenvalue weighted by atomic mass is 16.5. The van der Waals surface area contributed by atoms with E-state index in [0.717, 1.165) is 18.5 Å². The molecule has 21 heavy (non-hydrogen) atoms. The van der Waals surface area contributed by atoms with Gasteiger partial charge in [-0.3, -0.25) is 4.79 Å². The van der Waals surface area contributed by atoms with E-state index in [1.165, 1.54) is 4.90 Å². The average molecular weight is 293 g/mol. The number of aliphatic hydroxyl groups is 1. The van der Waals surface area contributed by atoms with Crippen molar-refractivity contribution in [1.82, 2.24) is 4.90 Å². The van der Waals surface area contributed by atoms with Crippen molar-refractivity contribution in [2.24, 2.45) is 0 Å². The number of carbonyl (C=O) groups is 1. The van der Waals surface area contributed by atoms with Crippen molar-refractivity contribution in [2.75, 3.05) is 45.0 Å². The van der Waals surface area contributed by atoms with Crippen molar-refractivity contribution < 1.29 is 14.6 Å². The Morgan fingerprint density at radius 2 is 2.10 bits per heavy atom. The highest BCUT2D eigenvalue weighted by molar-refractivity contribution is 5.95. The van der Waals surface area contributed by atoms with Crippen LogP contribution in [0.4, 0.5) is 11.4 Å². The quantitative estimate of drug-likeness (QED) is 0.719. The number of rotatable bonds is 4. The van der Waals surface area contributed by atoms with Crippen LogP contribution in [0.25, 0.3) is 0 Å². The van der Waals surface area contributed by atoms with Gasteiger partial charge in [0.15, 0.2) is 0 Å². The van der Waals surface area contributed by atoms with Gasteiger partial charge in [-0.1, -0.05) is 0 Å². The first-order chi connectivity index (χ1) is 9.97. The Bertz CT molecular complexity index is 511. The third kappa shape index (κ3) is 3.46. The maximum atomic E-state index is 11.9. The number of benzene rings is 1. The zero-order chi connectivity index (χ0) is 15.5. The van der Waals surface area contributed by atoms with Crippen LogP contribution in [0.15, 0.2) is 18.2 Å². The molecule has 1 fully saturated rings. The predicted octanol–water partition coefficient (Wildman–Crippen LogP) is 0.924. The Balaban J connectivity index is 2.19. The summed E-state index contributed by atoms with van der Waals surface area (Å²) in [4.78, 5) is 13.4. The Morgan fingerprint density at radius 3 is 2.62 bits per heavy atom. The van der Waals surface area contributed by atoms with E-state index in [-0.39, 0.29) is 12.5 Å². The maximum Gasteiger partial charge on any atom is 0.253 e. The summed E-state index contributed by atoms with van der Waals surface area (Å²) < 4.78 is 5.34. The van der Waals surface area contributed by atoms with Crippen LogP contribution < -0.4 is 11.1 Å². The average Bonchev–Trinajstić information content (AvgIpc) is 2.49. The number of anilines is 2. The molecule has 2 rings (SSSR count). The zero-order valence-electron chi connectivity index (χ0n) is 12.6. The molecule has 1 heterocycles. The van der Waals surface area contributed by atoms with Crippen molar-refractivity contribution in [2.45, 2.75) is 18.4 Å². The van der Waals surface area contributed by atoms with E-state index in [4.69, 9.17) is 10.5 Å². The van der Waals surface area contributed by atoms with Gasteiger partial charge in [-0.05, 0) is 31.0 Å². The Labute approximate surface area is 124 Å². The van der Waals surface area contributed by atoms with E-state index >= 15 is 0 Å². The van der Waals surface area contributed by atoms with Gasteiger partial charge in [0.2, 0.25) is 0 Å². The summed E-state index contributed by atoms with van der Waals surface area (Å²) in [6.07, 6.45) is 1.45. The molecule has 1 aromatic rings. The molecule has 1 saturated heterocycles. The molecule has 1 aliphatic rings. The second-order valence-corrected chi connectivity index (χ2v) is 5.68. The number of nitrogens with zero attached hydrogens (tertiary/aromatic N) is 1. The van der Waals surface area contributed by atoms with E-state index < -0.39 is 5.54 Å². The minimum absolute atomic E-state index is 0.0220. The molecule has 0 unspecified atom stereocenters. The molecular weight excluding hydrogens is 270 g/mol. The summed E-state index contributed by atoms with van der Waals surface area (Å²) in [6.45, 7) is 1.25. The summed E-state index contributed by atoms with van der Waals surface area (Å²) in [6, 6.07) is 5.19. The van der Waals surface area contributed by atoms with Crippen LogP contribution in [0.5, 0.6) is 0 Å². The van der Waals surface area contributed by atoms with Gasteiger partial charge >= 0.3 is 0 Å². The van der Waals surface area contributed by atoms with Crippen LogP contribution in [0, 0.1) is 0 Å². The van der Waals surface area contributed by atoms with Crippen molar-refractivity contribution in [3.8, 4) is 0 Å². The van der Waals surface area contributed by atoms with Crippen LogP contribution in [0.3, 0.4) is 0 Å². The normalized spacial score (nSPS) is 17.3. The zero-order valence-corrected chi connectivity index (χ0v) is 12.6. The highest BCUT2D eigenvalue weighted by Gasteiger charge is 2.32. The number of amides is 1. The van der Waals surface area contributed by atoms with E-state index in [0.29, 0.717) is 24.5 Å². The van der Waals surface area contributed by atoms with Crippen LogP contribution >= 0.6 is 0 Å². The molecule has 0 radical (unpaired) electrons. The van der Waals surface area contributed by atoms with Gasteiger partial charge in [0.05, 0.1) is 23.5 Å². The summed E-state index contributed by atoms with van der Waals surface area (Å²) in [5.74, 6) is -0.0869. The van der Waals surface area contributed by atoms with E-state index in [1.54, 1.807) is 32.3 Å². The van der Waals surface area contributed by atoms with Gasteiger partial charge in [-0.15, -0.1) is 0 Å². The fourth-order valence-electron chi connectivity index (χ4n) is 2.44. The molecule has 0 bridgehead atoms. The van der Waals surface area contributed by atoms with Crippen molar-refractivity contribution in [3.63, 3.8) is 0 Å². The standard InChI is InChI=1S/C15H23N3O3/c1-18(2)14(20)11-3-4-13(12(16)9-11)17-15(10-19)5-7-21-8-6-15/h3-4,9,17,19H,5-8,10,16H2,1-2H3. The smallest absolute Gasteiger partial charge is 0.253 e. The van der Waals surface area contributed by atoms with Crippen molar-refractivity contribution in [3.05, 3.63) is 23.8 Å². The minimum Gasteiger partial charge on any atom is -0.397 e. The third-order valence-corrected chi connectivity index (χ3v) is 3.86. The number of ether oxygens (including phenoxy) is 1. The first kappa shape index (κ1) is 15.6. The van der Waals surface area contributed by atoms with Gasteiger partial charge in [0.25, 0.3) is 5.91 Å². The number of hydrogen-bond acceptors (Lipinski definition) is 5. The van der Waals surface area contributed by atoms with Gasteiger partial charge < -0.3 is 25.8 Å². The van der Waals surface area contributed by atoms with Gasteiger partial charge in [-0.2, -0.15) is 0 Å². The Morgan fingerprint density at radius 1 is 1.43 bits per heavy atom. The molecule has 0 aliphatic carbocycles. The number of carbonyl (C=O) groups excluding carboxylic acids is 1. The molecule has 116 valence electrons. The molecule has 4 N–H and O–H groups in total. The number of aliphatic hydroxyl groups excluding tert-OH is 1. The fourth-order valence-corrected chi connectivity index (χ4v) is 2.44. The minimum atomic E-state index is -0.403. The lowest BCUT2D eigenvalue weighted by atomic mass is 9.90. The summed E-state index contributed by atoms with van der Waals surface area (Å²) in [5.41, 5.74) is 7.43. The van der Waals surface area contributed by atoms with E-state index in [9.17, 15) is 9.90 Å². The van der Waals surface area contributed by atoms with Crippen LogP contribution in [-0.4, -0.2) is 55.4 Å². The molecule has 6 heteroatoms. The van der Waals surface area contributed by atoms with Crippen molar-refractivity contribution in [1.29, 1.82) is 0 Å². The Kier molecular flexibility index (Phi) is 4.69. The lowest BCUT2D eigenvalue weighted by molar-refractivity contribution is 0.0380. The molecular formula is C15H23N3O3. The highest BCUT2D eigenvalue weighted by Crippen LogP contribution is 2.29. The van der Waals surface area contributed by atoms with Gasteiger partial charge in [-0.25, -0.2) is 0 Å². The largest absolute Gasteiger partial charge is 0.397 e.